The van der Waals surface area contributed by atoms with Crippen molar-refractivity contribution in [1.29, 1.82) is 0 Å². The molecule has 0 fully saturated rings. The van der Waals surface area contributed by atoms with Crippen LogP contribution in [0.4, 0.5) is 5.13 Å². The first-order chi connectivity index (χ1) is 13.5. The molecule has 0 atom stereocenters. The molecule has 2 aromatic carbocycles. The minimum atomic E-state index is -0.269. The minimum Gasteiger partial charge on any atom is -0.278 e. The molecule has 4 rings (SSSR count). The number of benzene rings is 2. The lowest BCUT2D eigenvalue weighted by molar-refractivity contribution is 0.0985. The summed E-state index contributed by atoms with van der Waals surface area (Å²) in [6.45, 7) is 2.28. The number of carbonyl (C=O) groups is 1. The predicted molar refractivity (Wildman–Crippen MR) is 116 cm³/mol. The van der Waals surface area contributed by atoms with Gasteiger partial charge in [0, 0.05) is 11.2 Å². The number of pyridine rings is 1. The lowest BCUT2D eigenvalue weighted by Gasteiger charge is -2.20. The van der Waals surface area contributed by atoms with Crippen LogP contribution in [0.3, 0.4) is 0 Å². The van der Waals surface area contributed by atoms with Crippen molar-refractivity contribution in [2.24, 2.45) is 0 Å². The first-order valence-corrected chi connectivity index (χ1v) is 10.1. The molecule has 0 unspecified atom stereocenters. The van der Waals surface area contributed by atoms with E-state index in [1.807, 2.05) is 43.3 Å². The van der Waals surface area contributed by atoms with Crippen molar-refractivity contribution in [3.63, 3.8) is 0 Å². The van der Waals surface area contributed by atoms with E-state index in [1.54, 1.807) is 29.3 Å². The summed E-state index contributed by atoms with van der Waals surface area (Å²) < 4.78 is 1.02. The van der Waals surface area contributed by atoms with E-state index in [4.69, 9.17) is 28.2 Å². The largest absolute Gasteiger partial charge is 0.278 e. The minimum absolute atomic E-state index is 0.269. The molecule has 0 saturated heterocycles. The Bertz CT molecular complexity index is 1160. The maximum absolute atomic E-state index is 13.4. The summed E-state index contributed by atoms with van der Waals surface area (Å²) >= 11 is 13.9. The van der Waals surface area contributed by atoms with E-state index in [0.717, 1.165) is 21.5 Å². The van der Waals surface area contributed by atoms with Crippen molar-refractivity contribution in [2.45, 2.75) is 13.5 Å². The number of carbonyl (C=O) groups excluding carboxylic acids is 1. The molecule has 2 heterocycles. The zero-order valence-electron chi connectivity index (χ0n) is 14.9. The van der Waals surface area contributed by atoms with Crippen molar-refractivity contribution in [3.05, 3.63) is 87.7 Å². The Morgan fingerprint density at radius 1 is 1.11 bits per heavy atom. The number of halogens is 2. The molecule has 0 aliphatic carbocycles. The van der Waals surface area contributed by atoms with Gasteiger partial charge < -0.3 is 0 Å². The van der Waals surface area contributed by atoms with Crippen molar-refractivity contribution in [1.82, 2.24) is 9.97 Å². The van der Waals surface area contributed by atoms with Crippen LogP contribution in [0.1, 0.15) is 21.6 Å². The second-order valence-electron chi connectivity index (χ2n) is 6.25. The molecule has 28 heavy (non-hydrogen) atoms. The summed E-state index contributed by atoms with van der Waals surface area (Å²) in [5.41, 5.74) is 3.04. The summed E-state index contributed by atoms with van der Waals surface area (Å²) in [7, 11) is 0. The van der Waals surface area contributed by atoms with Gasteiger partial charge in [-0.1, -0.05) is 52.7 Å². The zero-order valence-corrected chi connectivity index (χ0v) is 17.2. The second kappa shape index (κ2) is 7.87. The number of amides is 1. The van der Waals surface area contributed by atoms with Gasteiger partial charge in [-0.2, -0.15) is 0 Å². The molecular weight excluding hydrogens is 413 g/mol. The molecule has 1 amide bonds. The molecule has 140 valence electrons. The molecule has 4 aromatic rings. The van der Waals surface area contributed by atoms with E-state index >= 15 is 0 Å². The van der Waals surface area contributed by atoms with E-state index in [9.17, 15) is 4.79 Å². The molecule has 0 bridgehead atoms. The average molecular weight is 428 g/mol. The number of anilines is 1. The fourth-order valence-corrected chi connectivity index (χ4v) is 4.29. The normalized spacial score (nSPS) is 11.0. The highest BCUT2D eigenvalue weighted by Gasteiger charge is 2.24. The Hall–Kier alpha value is -2.47. The number of hydrogen-bond donors (Lipinski definition) is 0. The third kappa shape index (κ3) is 3.74. The average Bonchev–Trinajstić information content (AvgIpc) is 3.14. The highest BCUT2D eigenvalue weighted by Crippen LogP contribution is 2.33. The third-order valence-electron chi connectivity index (χ3n) is 4.29. The van der Waals surface area contributed by atoms with Crippen LogP contribution in [0.5, 0.6) is 0 Å². The van der Waals surface area contributed by atoms with E-state index in [1.165, 1.54) is 11.3 Å². The van der Waals surface area contributed by atoms with Crippen molar-refractivity contribution >= 4 is 55.8 Å². The van der Waals surface area contributed by atoms with Gasteiger partial charge in [0.15, 0.2) is 5.13 Å². The highest BCUT2D eigenvalue weighted by atomic mass is 35.5. The fraction of sp³-hybridized carbons (Fsp3) is 0.0952. The summed E-state index contributed by atoms with van der Waals surface area (Å²) in [5, 5.41) is 1.39. The molecule has 0 N–H and O–H groups in total. The van der Waals surface area contributed by atoms with Gasteiger partial charge in [0.05, 0.1) is 33.0 Å². The number of rotatable bonds is 4. The first-order valence-electron chi connectivity index (χ1n) is 8.56. The third-order valence-corrected chi connectivity index (χ3v) is 5.90. The van der Waals surface area contributed by atoms with E-state index < -0.39 is 0 Å². The Kier molecular flexibility index (Phi) is 5.31. The van der Waals surface area contributed by atoms with Crippen LogP contribution in [0.15, 0.2) is 60.8 Å². The molecule has 2 aromatic heterocycles. The molecule has 4 nitrogen and oxygen atoms in total. The van der Waals surface area contributed by atoms with E-state index in [0.29, 0.717) is 20.7 Å². The summed E-state index contributed by atoms with van der Waals surface area (Å²) in [5.74, 6) is -0.269. The topological polar surface area (TPSA) is 46.1 Å². The van der Waals surface area contributed by atoms with Crippen LogP contribution in [0.2, 0.25) is 10.0 Å². The number of hydrogen-bond acceptors (Lipinski definition) is 4. The maximum Gasteiger partial charge on any atom is 0.262 e. The number of nitrogens with zero attached hydrogens (tertiary/aromatic N) is 3. The summed E-state index contributed by atoms with van der Waals surface area (Å²) in [6, 6.07) is 16.4. The molecule has 0 spiro atoms. The van der Waals surface area contributed by atoms with Crippen LogP contribution >= 0.6 is 34.5 Å². The standard InChI is InChI=1S/C21H15Cl2N3OS/c1-13-5-4-7-18-19(13)25-21(28-18)26(12-15-6-2-3-10-24-15)20(27)16-11-14(22)8-9-17(16)23/h2-11H,12H2,1H3. The van der Waals surface area contributed by atoms with Crippen LogP contribution < -0.4 is 4.90 Å². The van der Waals surface area contributed by atoms with Crippen LogP contribution in [-0.2, 0) is 6.54 Å². The molecule has 0 aliphatic heterocycles. The predicted octanol–water partition coefficient (Wildman–Crippen LogP) is 6.15. The lowest BCUT2D eigenvalue weighted by Crippen LogP contribution is -2.31. The smallest absolute Gasteiger partial charge is 0.262 e. The molecule has 0 aliphatic rings. The van der Waals surface area contributed by atoms with Gasteiger partial charge in [-0.05, 0) is 48.9 Å². The van der Waals surface area contributed by atoms with Gasteiger partial charge in [-0.15, -0.1) is 0 Å². The first kappa shape index (κ1) is 18.9. The van der Waals surface area contributed by atoms with Gasteiger partial charge in [0.1, 0.15) is 0 Å². The van der Waals surface area contributed by atoms with Gasteiger partial charge >= 0.3 is 0 Å². The van der Waals surface area contributed by atoms with E-state index in [-0.39, 0.29) is 12.5 Å². The lowest BCUT2D eigenvalue weighted by atomic mass is 10.2. The number of fused-ring (bicyclic) bond motifs is 1. The van der Waals surface area contributed by atoms with Crippen LogP contribution in [0.25, 0.3) is 10.2 Å². The summed E-state index contributed by atoms with van der Waals surface area (Å²) in [4.78, 5) is 24.1. The van der Waals surface area contributed by atoms with Crippen LogP contribution in [0, 0.1) is 6.92 Å². The fourth-order valence-electron chi connectivity index (χ4n) is 2.88. The Morgan fingerprint density at radius 3 is 2.71 bits per heavy atom. The van der Waals surface area contributed by atoms with Crippen molar-refractivity contribution in [2.75, 3.05) is 4.90 Å². The quantitative estimate of drug-likeness (QED) is 0.392. The van der Waals surface area contributed by atoms with Gasteiger partial charge in [-0.3, -0.25) is 14.7 Å². The maximum atomic E-state index is 13.4. The Morgan fingerprint density at radius 2 is 1.96 bits per heavy atom. The second-order valence-corrected chi connectivity index (χ2v) is 8.11. The van der Waals surface area contributed by atoms with Crippen LogP contribution in [-0.4, -0.2) is 15.9 Å². The molecule has 0 radical (unpaired) electrons. The van der Waals surface area contributed by atoms with E-state index in [2.05, 4.69) is 4.98 Å². The molecular formula is C21H15Cl2N3OS. The molecule has 7 heteroatoms. The monoisotopic (exact) mass is 427 g/mol. The Labute approximate surface area is 176 Å². The number of aryl methyl sites for hydroxylation is 1. The van der Waals surface area contributed by atoms with Gasteiger partial charge in [-0.25, -0.2) is 4.98 Å². The summed E-state index contributed by atoms with van der Waals surface area (Å²) in [6.07, 6.45) is 1.70. The number of aromatic nitrogens is 2. The van der Waals surface area contributed by atoms with Gasteiger partial charge in [0.25, 0.3) is 5.91 Å². The van der Waals surface area contributed by atoms with Crippen molar-refractivity contribution in [3.8, 4) is 0 Å². The highest BCUT2D eigenvalue weighted by molar-refractivity contribution is 7.22. The van der Waals surface area contributed by atoms with Gasteiger partial charge in [0.2, 0.25) is 0 Å². The Balaban J connectivity index is 1.82. The van der Waals surface area contributed by atoms with Crippen molar-refractivity contribution < 1.29 is 4.79 Å². The number of para-hydroxylation sites is 1. The zero-order chi connectivity index (χ0) is 19.7. The number of thiazole rings is 1. The molecule has 0 saturated carbocycles. The SMILES string of the molecule is Cc1cccc2sc(N(Cc3ccccn3)C(=O)c3cc(Cl)ccc3Cl)nc12.